The zero-order valence-corrected chi connectivity index (χ0v) is 14.5. The SMILES string of the molecule is CC(NC(=O)OCc1ccccc1)C(=O)N/N=C/c1ccc([N+](=O)[O-])cc1. The third-order valence-electron chi connectivity index (χ3n) is 3.43. The van der Waals surface area contributed by atoms with Crippen LogP contribution in [-0.2, 0) is 16.1 Å². The molecule has 0 radical (unpaired) electrons. The Morgan fingerprint density at radius 3 is 2.48 bits per heavy atom. The van der Waals surface area contributed by atoms with Crippen LogP contribution in [0.4, 0.5) is 10.5 Å². The van der Waals surface area contributed by atoms with Crippen molar-refractivity contribution >= 4 is 23.9 Å². The van der Waals surface area contributed by atoms with E-state index in [2.05, 4.69) is 15.8 Å². The van der Waals surface area contributed by atoms with E-state index in [-0.39, 0.29) is 12.3 Å². The lowest BCUT2D eigenvalue weighted by molar-refractivity contribution is -0.384. The van der Waals surface area contributed by atoms with E-state index in [1.165, 1.54) is 37.4 Å². The highest BCUT2D eigenvalue weighted by Gasteiger charge is 2.15. The molecule has 2 N–H and O–H groups in total. The molecule has 2 aromatic rings. The first-order chi connectivity index (χ1) is 13.0. The van der Waals surface area contributed by atoms with Crippen LogP contribution in [0.5, 0.6) is 0 Å². The number of hydrogen-bond donors (Lipinski definition) is 2. The van der Waals surface area contributed by atoms with Crippen LogP contribution in [0.15, 0.2) is 59.7 Å². The third kappa shape index (κ3) is 6.58. The molecule has 0 aliphatic rings. The first-order valence-electron chi connectivity index (χ1n) is 8.00. The van der Waals surface area contributed by atoms with Crippen molar-refractivity contribution in [2.45, 2.75) is 19.6 Å². The number of nitro groups is 1. The predicted octanol–water partition coefficient (Wildman–Crippen LogP) is 2.36. The van der Waals surface area contributed by atoms with Crippen molar-refractivity contribution in [3.63, 3.8) is 0 Å². The summed E-state index contributed by atoms with van der Waals surface area (Å²) in [7, 11) is 0. The Kier molecular flexibility index (Phi) is 7.00. The molecule has 140 valence electrons. The van der Waals surface area contributed by atoms with E-state index >= 15 is 0 Å². The van der Waals surface area contributed by atoms with Crippen molar-refractivity contribution in [2.24, 2.45) is 5.10 Å². The molecule has 2 aromatic carbocycles. The number of non-ortho nitro benzene ring substituents is 1. The van der Waals surface area contributed by atoms with Crippen LogP contribution in [0.3, 0.4) is 0 Å². The monoisotopic (exact) mass is 370 g/mol. The third-order valence-corrected chi connectivity index (χ3v) is 3.43. The largest absolute Gasteiger partial charge is 0.445 e. The minimum atomic E-state index is -0.859. The summed E-state index contributed by atoms with van der Waals surface area (Å²) < 4.78 is 5.03. The number of nitrogens with zero attached hydrogens (tertiary/aromatic N) is 2. The number of nitro benzene ring substituents is 1. The summed E-state index contributed by atoms with van der Waals surface area (Å²) in [4.78, 5) is 33.7. The predicted molar refractivity (Wildman–Crippen MR) is 98.1 cm³/mol. The molecule has 27 heavy (non-hydrogen) atoms. The highest BCUT2D eigenvalue weighted by atomic mass is 16.6. The fraction of sp³-hybridized carbons (Fsp3) is 0.167. The number of amides is 2. The lowest BCUT2D eigenvalue weighted by Crippen LogP contribution is -2.43. The van der Waals surface area contributed by atoms with Gasteiger partial charge in [0.25, 0.3) is 11.6 Å². The second-order valence-electron chi connectivity index (χ2n) is 5.51. The lowest BCUT2D eigenvalue weighted by atomic mass is 10.2. The van der Waals surface area contributed by atoms with Gasteiger partial charge in [-0.2, -0.15) is 5.10 Å². The molecule has 9 heteroatoms. The average Bonchev–Trinajstić information content (AvgIpc) is 2.67. The van der Waals surface area contributed by atoms with Gasteiger partial charge in [-0.25, -0.2) is 10.2 Å². The molecule has 2 rings (SSSR count). The summed E-state index contributed by atoms with van der Waals surface area (Å²) in [5, 5.41) is 16.7. The van der Waals surface area contributed by atoms with Crippen molar-refractivity contribution in [3.8, 4) is 0 Å². The minimum Gasteiger partial charge on any atom is -0.445 e. The molecular formula is C18H18N4O5. The minimum absolute atomic E-state index is 0.0389. The molecule has 0 aliphatic carbocycles. The summed E-state index contributed by atoms with van der Waals surface area (Å²) >= 11 is 0. The van der Waals surface area contributed by atoms with Gasteiger partial charge in [-0.05, 0) is 30.2 Å². The van der Waals surface area contributed by atoms with Gasteiger partial charge < -0.3 is 10.1 Å². The normalized spacial score (nSPS) is 11.6. The highest BCUT2D eigenvalue weighted by molar-refractivity contribution is 5.87. The van der Waals surface area contributed by atoms with Gasteiger partial charge in [0.1, 0.15) is 12.6 Å². The van der Waals surface area contributed by atoms with Crippen molar-refractivity contribution in [2.75, 3.05) is 0 Å². The summed E-state index contributed by atoms with van der Waals surface area (Å²) in [6.07, 6.45) is 0.614. The second-order valence-corrected chi connectivity index (χ2v) is 5.51. The molecule has 0 aromatic heterocycles. The van der Waals surface area contributed by atoms with Gasteiger partial charge in [0.05, 0.1) is 11.1 Å². The number of nitrogens with one attached hydrogen (secondary N) is 2. The van der Waals surface area contributed by atoms with Gasteiger partial charge in [-0.3, -0.25) is 14.9 Å². The number of carbonyl (C=O) groups is 2. The molecule has 0 saturated carbocycles. The van der Waals surface area contributed by atoms with E-state index in [0.29, 0.717) is 5.56 Å². The lowest BCUT2D eigenvalue weighted by Gasteiger charge is -2.12. The number of hydrogen-bond acceptors (Lipinski definition) is 6. The van der Waals surface area contributed by atoms with Crippen LogP contribution < -0.4 is 10.7 Å². The van der Waals surface area contributed by atoms with E-state index in [0.717, 1.165) is 5.56 Å². The fourth-order valence-electron chi connectivity index (χ4n) is 1.96. The first-order valence-corrected chi connectivity index (χ1v) is 8.00. The summed E-state index contributed by atoms with van der Waals surface area (Å²) in [6, 6.07) is 13.9. The Bertz CT molecular complexity index is 821. The van der Waals surface area contributed by atoms with Crippen molar-refractivity contribution in [3.05, 3.63) is 75.8 Å². The van der Waals surface area contributed by atoms with E-state index in [4.69, 9.17) is 4.74 Å². The molecule has 0 aliphatic heterocycles. The molecule has 9 nitrogen and oxygen atoms in total. The Hall–Kier alpha value is -3.75. The van der Waals surface area contributed by atoms with Crippen LogP contribution in [-0.4, -0.2) is 29.2 Å². The van der Waals surface area contributed by atoms with Crippen LogP contribution in [0.2, 0.25) is 0 Å². The van der Waals surface area contributed by atoms with Gasteiger partial charge in [-0.1, -0.05) is 30.3 Å². The molecule has 0 bridgehead atoms. The molecular weight excluding hydrogens is 352 g/mol. The molecule has 2 amide bonds. The van der Waals surface area contributed by atoms with E-state index in [1.54, 1.807) is 0 Å². The Labute approximate surface area is 155 Å². The van der Waals surface area contributed by atoms with Gasteiger partial charge in [-0.15, -0.1) is 0 Å². The van der Waals surface area contributed by atoms with Gasteiger partial charge >= 0.3 is 6.09 Å². The number of ether oxygens (including phenoxy) is 1. The zero-order valence-electron chi connectivity index (χ0n) is 14.5. The van der Waals surface area contributed by atoms with Gasteiger partial charge in [0.2, 0.25) is 0 Å². The molecule has 1 unspecified atom stereocenters. The topological polar surface area (TPSA) is 123 Å². The van der Waals surface area contributed by atoms with Crippen LogP contribution in [0.1, 0.15) is 18.1 Å². The quantitative estimate of drug-likeness (QED) is 0.440. The zero-order chi connectivity index (χ0) is 19.6. The molecule has 0 fully saturated rings. The van der Waals surface area contributed by atoms with E-state index < -0.39 is 23.0 Å². The smallest absolute Gasteiger partial charge is 0.408 e. The first kappa shape index (κ1) is 19.6. The van der Waals surface area contributed by atoms with Gasteiger partial charge in [0, 0.05) is 12.1 Å². The number of benzene rings is 2. The Morgan fingerprint density at radius 1 is 1.19 bits per heavy atom. The van der Waals surface area contributed by atoms with Crippen molar-refractivity contribution in [1.82, 2.24) is 10.7 Å². The summed E-state index contributed by atoms with van der Waals surface area (Å²) in [5.41, 5.74) is 3.64. The average molecular weight is 370 g/mol. The maximum atomic E-state index is 11.9. The van der Waals surface area contributed by atoms with E-state index in [9.17, 15) is 19.7 Å². The number of alkyl carbamates (subject to hydrolysis) is 1. The highest BCUT2D eigenvalue weighted by Crippen LogP contribution is 2.10. The maximum Gasteiger partial charge on any atom is 0.408 e. The summed E-state index contributed by atoms with van der Waals surface area (Å²) in [5.74, 6) is -0.537. The molecule has 0 heterocycles. The fourth-order valence-corrected chi connectivity index (χ4v) is 1.96. The van der Waals surface area contributed by atoms with Gasteiger partial charge in [0.15, 0.2) is 0 Å². The van der Waals surface area contributed by atoms with Crippen molar-refractivity contribution in [1.29, 1.82) is 0 Å². The van der Waals surface area contributed by atoms with Crippen LogP contribution in [0, 0.1) is 10.1 Å². The second kappa shape index (κ2) is 9.66. The number of rotatable bonds is 7. The van der Waals surface area contributed by atoms with Crippen LogP contribution in [0.25, 0.3) is 0 Å². The number of hydrazone groups is 1. The van der Waals surface area contributed by atoms with Crippen molar-refractivity contribution < 1.29 is 19.2 Å². The summed E-state index contributed by atoms with van der Waals surface area (Å²) in [6.45, 7) is 1.58. The van der Waals surface area contributed by atoms with Crippen LogP contribution >= 0.6 is 0 Å². The Morgan fingerprint density at radius 2 is 1.85 bits per heavy atom. The Balaban J connectivity index is 1.75. The maximum absolute atomic E-state index is 11.9. The molecule has 0 saturated heterocycles. The standard InChI is InChI=1S/C18H18N4O5/c1-13(20-18(24)27-12-15-5-3-2-4-6-15)17(23)21-19-11-14-7-9-16(10-8-14)22(25)26/h2-11,13H,12H2,1H3,(H,20,24)(H,21,23)/b19-11+. The molecule has 0 spiro atoms. The van der Waals surface area contributed by atoms with E-state index in [1.807, 2.05) is 30.3 Å². The molecule has 1 atom stereocenters. The number of carbonyl (C=O) groups excluding carboxylic acids is 2.